The molecule has 1 amide bonds. The molecule has 108 valence electrons. The van der Waals surface area contributed by atoms with Crippen molar-refractivity contribution >= 4 is 39.0 Å². The summed E-state index contributed by atoms with van der Waals surface area (Å²) in [5.41, 5.74) is 6.19. The van der Waals surface area contributed by atoms with Gasteiger partial charge in [0.05, 0.1) is 11.0 Å². The fourth-order valence-electron chi connectivity index (χ4n) is 2.61. The van der Waals surface area contributed by atoms with E-state index in [-0.39, 0.29) is 11.9 Å². The van der Waals surface area contributed by atoms with Crippen molar-refractivity contribution in [1.29, 1.82) is 0 Å². The number of halogens is 1. The molecule has 2 rings (SSSR count). The first kappa shape index (κ1) is 15.4. The van der Waals surface area contributed by atoms with Crippen LogP contribution in [0.4, 0.5) is 0 Å². The Morgan fingerprint density at radius 2 is 2.10 bits per heavy atom. The predicted molar refractivity (Wildman–Crippen MR) is 86.6 cm³/mol. The topological polar surface area (TPSA) is 68.0 Å². The van der Waals surface area contributed by atoms with Gasteiger partial charge in [0.1, 0.15) is 5.69 Å². The van der Waals surface area contributed by atoms with Crippen molar-refractivity contribution in [3.63, 3.8) is 0 Å². The van der Waals surface area contributed by atoms with Crippen molar-refractivity contribution in [3.8, 4) is 0 Å². The van der Waals surface area contributed by atoms with Crippen molar-refractivity contribution in [2.75, 3.05) is 0 Å². The van der Waals surface area contributed by atoms with Crippen LogP contribution in [-0.4, -0.2) is 21.9 Å². The van der Waals surface area contributed by atoms with Crippen LogP contribution in [0.25, 0.3) is 0 Å². The first-order valence-electron chi connectivity index (χ1n) is 6.79. The molecule has 1 saturated carbocycles. The number of thiocarbonyl (C=S) groups is 1. The lowest BCUT2D eigenvalue weighted by Gasteiger charge is -2.30. The molecule has 1 unspecified atom stereocenters. The molecule has 0 radical (unpaired) electrons. The summed E-state index contributed by atoms with van der Waals surface area (Å²) >= 11 is 8.42. The molecule has 0 aliphatic heterocycles. The fraction of sp³-hybridized carbons (Fsp3) is 0.500. The van der Waals surface area contributed by atoms with Gasteiger partial charge in [0, 0.05) is 10.7 Å². The maximum absolute atomic E-state index is 12.2. The highest BCUT2D eigenvalue weighted by molar-refractivity contribution is 9.10. The Morgan fingerprint density at radius 3 is 2.65 bits per heavy atom. The molecule has 0 saturated heterocycles. The molecule has 1 atom stereocenters. The molecule has 1 heterocycles. The monoisotopic (exact) mass is 355 g/mol. The van der Waals surface area contributed by atoms with E-state index in [1.165, 1.54) is 19.3 Å². The number of nitrogens with two attached hydrogens (primary N) is 1. The minimum Gasteiger partial charge on any atom is -0.392 e. The Bertz CT molecular complexity index is 486. The van der Waals surface area contributed by atoms with E-state index in [9.17, 15) is 4.79 Å². The van der Waals surface area contributed by atoms with Gasteiger partial charge >= 0.3 is 0 Å². The Kier molecular flexibility index (Phi) is 5.48. The van der Waals surface area contributed by atoms with Gasteiger partial charge in [-0.05, 0) is 46.8 Å². The van der Waals surface area contributed by atoms with E-state index >= 15 is 0 Å². The number of pyridine rings is 1. The second-order valence-corrected chi connectivity index (χ2v) is 6.50. The SMILES string of the molecule is NC(=S)C(NC(=O)c1ccc(Br)cn1)C1CCCCC1. The average molecular weight is 356 g/mol. The van der Waals surface area contributed by atoms with Crippen LogP contribution in [-0.2, 0) is 0 Å². The molecule has 0 spiro atoms. The molecular formula is C14H18BrN3OS. The maximum Gasteiger partial charge on any atom is 0.270 e. The van der Waals surface area contributed by atoms with Gasteiger partial charge in [-0.3, -0.25) is 4.79 Å². The summed E-state index contributed by atoms with van der Waals surface area (Å²) in [6.45, 7) is 0. The van der Waals surface area contributed by atoms with Crippen LogP contribution >= 0.6 is 28.1 Å². The maximum atomic E-state index is 12.2. The molecule has 6 heteroatoms. The molecule has 3 N–H and O–H groups in total. The zero-order valence-electron chi connectivity index (χ0n) is 11.1. The number of hydrogen-bond acceptors (Lipinski definition) is 3. The van der Waals surface area contributed by atoms with Crippen molar-refractivity contribution in [2.24, 2.45) is 11.7 Å². The van der Waals surface area contributed by atoms with E-state index in [0.29, 0.717) is 16.6 Å². The van der Waals surface area contributed by atoms with Gasteiger partial charge < -0.3 is 11.1 Å². The summed E-state index contributed by atoms with van der Waals surface area (Å²) in [6.07, 6.45) is 7.34. The van der Waals surface area contributed by atoms with Crippen molar-refractivity contribution in [2.45, 2.75) is 38.1 Å². The van der Waals surface area contributed by atoms with E-state index in [4.69, 9.17) is 18.0 Å². The summed E-state index contributed by atoms with van der Waals surface area (Å²) in [7, 11) is 0. The minimum atomic E-state index is -0.233. The molecule has 0 bridgehead atoms. The fourth-order valence-corrected chi connectivity index (χ4v) is 3.10. The number of rotatable bonds is 4. The Hall–Kier alpha value is -1.01. The highest BCUT2D eigenvalue weighted by Crippen LogP contribution is 2.26. The minimum absolute atomic E-state index is 0.221. The molecule has 1 aliphatic rings. The van der Waals surface area contributed by atoms with Crippen LogP contribution in [0.15, 0.2) is 22.8 Å². The van der Waals surface area contributed by atoms with Gasteiger partial charge in [-0.15, -0.1) is 0 Å². The molecule has 1 aromatic heterocycles. The second-order valence-electron chi connectivity index (χ2n) is 5.11. The van der Waals surface area contributed by atoms with Crippen LogP contribution in [0.2, 0.25) is 0 Å². The summed E-state index contributed by atoms with van der Waals surface area (Å²) < 4.78 is 0.840. The predicted octanol–water partition coefficient (Wildman–Crippen LogP) is 2.81. The third-order valence-electron chi connectivity index (χ3n) is 3.67. The number of nitrogens with zero attached hydrogens (tertiary/aromatic N) is 1. The van der Waals surface area contributed by atoms with Gasteiger partial charge in [0.15, 0.2) is 0 Å². The summed E-state index contributed by atoms with van der Waals surface area (Å²) in [5, 5.41) is 2.94. The summed E-state index contributed by atoms with van der Waals surface area (Å²) in [4.78, 5) is 16.7. The highest BCUT2D eigenvalue weighted by Gasteiger charge is 2.27. The van der Waals surface area contributed by atoms with E-state index in [1.807, 2.05) is 0 Å². The van der Waals surface area contributed by atoms with E-state index in [0.717, 1.165) is 17.3 Å². The van der Waals surface area contributed by atoms with Gasteiger partial charge in [-0.25, -0.2) is 4.98 Å². The van der Waals surface area contributed by atoms with Gasteiger partial charge in [0.25, 0.3) is 5.91 Å². The number of amides is 1. The van der Waals surface area contributed by atoms with Crippen LogP contribution in [0.3, 0.4) is 0 Å². The van der Waals surface area contributed by atoms with Crippen LogP contribution in [0.1, 0.15) is 42.6 Å². The molecule has 1 aliphatic carbocycles. The van der Waals surface area contributed by atoms with E-state index in [2.05, 4.69) is 26.2 Å². The third-order valence-corrected chi connectivity index (χ3v) is 4.40. The summed E-state index contributed by atoms with van der Waals surface area (Å²) in [5.74, 6) is 0.126. The third kappa shape index (κ3) is 3.99. The normalized spacial score (nSPS) is 17.4. The molecule has 0 aromatic carbocycles. The average Bonchev–Trinajstić information content (AvgIpc) is 2.46. The Balaban J connectivity index is 2.05. The first-order chi connectivity index (χ1) is 9.58. The van der Waals surface area contributed by atoms with Gasteiger partial charge in [-0.1, -0.05) is 31.5 Å². The molecular weight excluding hydrogens is 338 g/mol. The first-order valence-corrected chi connectivity index (χ1v) is 8.00. The smallest absolute Gasteiger partial charge is 0.270 e. The van der Waals surface area contributed by atoms with Crippen molar-refractivity contribution in [1.82, 2.24) is 10.3 Å². The quantitative estimate of drug-likeness (QED) is 0.814. The zero-order chi connectivity index (χ0) is 14.5. The Labute approximate surface area is 132 Å². The zero-order valence-corrected chi connectivity index (χ0v) is 13.5. The lowest BCUT2D eigenvalue weighted by Crippen LogP contribution is -2.49. The number of nitrogens with one attached hydrogen (secondary N) is 1. The second kappa shape index (κ2) is 7.13. The highest BCUT2D eigenvalue weighted by atomic mass is 79.9. The number of carbonyl (C=O) groups excluding carboxylic acids is 1. The molecule has 1 aromatic rings. The number of aromatic nitrogens is 1. The van der Waals surface area contributed by atoms with Crippen LogP contribution < -0.4 is 11.1 Å². The molecule has 20 heavy (non-hydrogen) atoms. The van der Waals surface area contributed by atoms with Gasteiger partial charge in [0.2, 0.25) is 0 Å². The van der Waals surface area contributed by atoms with E-state index < -0.39 is 0 Å². The summed E-state index contributed by atoms with van der Waals surface area (Å²) in [6, 6.07) is 3.23. The van der Waals surface area contributed by atoms with Crippen molar-refractivity contribution < 1.29 is 4.79 Å². The molecule has 4 nitrogen and oxygen atoms in total. The van der Waals surface area contributed by atoms with Crippen molar-refractivity contribution in [3.05, 3.63) is 28.5 Å². The Morgan fingerprint density at radius 1 is 1.40 bits per heavy atom. The number of carbonyl (C=O) groups is 1. The van der Waals surface area contributed by atoms with Crippen LogP contribution in [0, 0.1) is 5.92 Å². The van der Waals surface area contributed by atoms with E-state index in [1.54, 1.807) is 18.3 Å². The lowest BCUT2D eigenvalue weighted by atomic mass is 9.84. The lowest BCUT2D eigenvalue weighted by molar-refractivity contribution is 0.0927. The molecule has 1 fully saturated rings. The largest absolute Gasteiger partial charge is 0.392 e. The number of hydrogen-bond donors (Lipinski definition) is 2. The van der Waals surface area contributed by atoms with Crippen LogP contribution in [0.5, 0.6) is 0 Å². The van der Waals surface area contributed by atoms with Gasteiger partial charge in [-0.2, -0.15) is 0 Å². The standard InChI is InChI=1S/C14H18BrN3OS/c15-10-6-7-11(17-8-10)14(19)18-12(13(16)20)9-4-2-1-3-5-9/h6-9,12H,1-5H2,(H2,16,20)(H,18,19).